The predicted molar refractivity (Wildman–Crippen MR) is 81.7 cm³/mol. The van der Waals surface area contributed by atoms with Crippen LogP contribution in [0.15, 0.2) is 11.4 Å². The lowest BCUT2D eigenvalue weighted by Crippen LogP contribution is -2.51. The lowest BCUT2D eigenvalue weighted by molar-refractivity contribution is -0.887. The van der Waals surface area contributed by atoms with Gasteiger partial charge in [0.2, 0.25) is 0 Å². The van der Waals surface area contributed by atoms with Gasteiger partial charge < -0.3 is 20.3 Å². The van der Waals surface area contributed by atoms with E-state index in [1.165, 1.54) is 13.1 Å². The SMILES string of the molecule is CC(=O)C(N)CS(=O)c1ncc(CC(C(=O)O)[N+](C)(C)C)[nH]1. The molecule has 0 spiro atoms. The Balaban J connectivity index is 2.81. The number of nitrogens with two attached hydrogens (primary N) is 1. The standard InChI is InChI=1S/C13H22N4O4S/c1-8(18)10(14)7-22(21)13-15-6-9(16-13)5-11(12(19)20)17(2,3)4/h6,10-11H,5,7,14H2,1-4H3,(H-,15,16,19,20)/p+1. The highest BCUT2D eigenvalue weighted by molar-refractivity contribution is 7.84. The van der Waals surface area contributed by atoms with E-state index in [4.69, 9.17) is 5.73 Å². The summed E-state index contributed by atoms with van der Waals surface area (Å²) < 4.78 is 12.3. The summed E-state index contributed by atoms with van der Waals surface area (Å²) in [6, 6.07) is -1.45. The first kappa shape index (κ1) is 18.5. The number of carbonyl (C=O) groups is 2. The molecule has 9 heteroatoms. The second-order valence-corrected chi connectivity index (χ2v) is 7.53. The van der Waals surface area contributed by atoms with E-state index < -0.39 is 28.9 Å². The molecule has 22 heavy (non-hydrogen) atoms. The van der Waals surface area contributed by atoms with Crippen molar-refractivity contribution in [3.05, 3.63) is 11.9 Å². The van der Waals surface area contributed by atoms with Crippen LogP contribution in [-0.4, -0.2) is 74.5 Å². The van der Waals surface area contributed by atoms with Gasteiger partial charge in [-0.05, 0) is 6.92 Å². The van der Waals surface area contributed by atoms with Gasteiger partial charge in [-0.1, -0.05) is 0 Å². The van der Waals surface area contributed by atoms with E-state index in [2.05, 4.69) is 9.97 Å². The topological polar surface area (TPSA) is 126 Å². The molecule has 0 saturated heterocycles. The van der Waals surface area contributed by atoms with Gasteiger partial charge in [0.25, 0.3) is 0 Å². The first-order valence-electron chi connectivity index (χ1n) is 6.74. The average molecular weight is 331 g/mol. The van der Waals surface area contributed by atoms with Crippen LogP contribution in [0.3, 0.4) is 0 Å². The van der Waals surface area contributed by atoms with Crippen LogP contribution in [0.4, 0.5) is 0 Å². The van der Waals surface area contributed by atoms with Crippen molar-refractivity contribution in [2.24, 2.45) is 5.73 Å². The molecule has 1 heterocycles. The number of carboxylic acid groups (broad SMARTS) is 1. The van der Waals surface area contributed by atoms with Crippen molar-refractivity contribution in [2.75, 3.05) is 26.9 Å². The van der Waals surface area contributed by atoms with Crippen molar-refractivity contribution in [1.29, 1.82) is 0 Å². The number of ketones is 1. The van der Waals surface area contributed by atoms with Gasteiger partial charge in [0, 0.05) is 11.9 Å². The maximum absolute atomic E-state index is 12.1. The highest BCUT2D eigenvalue weighted by atomic mass is 32.2. The Kier molecular flexibility index (Phi) is 5.98. The molecule has 0 radical (unpaired) electrons. The van der Waals surface area contributed by atoms with E-state index in [1.807, 2.05) is 0 Å². The summed E-state index contributed by atoms with van der Waals surface area (Å²) in [5, 5.41) is 9.51. The second kappa shape index (κ2) is 7.12. The van der Waals surface area contributed by atoms with Crippen LogP contribution in [-0.2, 0) is 26.8 Å². The molecule has 3 unspecified atom stereocenters. The van der Waals surface area contributed by atoms with Crippen LogP contribution in [0.5, 0.6) is 0 Å². The number of nitrogens with one attached hydrogen (secondary N) is 1. The van der Waals surface area contributed by atoms with Crippen LogP contribution in [0.25, 0.3) is 0 Å². The third-order valence-electron chi connectivity index (χ3n) is 3.31. The number of aromatic amines is 1. The molecule has 0 aromatic carbocycles. The molecule has 0 bridgehead atoms. The number of carboxylic acids is 1. The fourth-order valence-electron chi connectivity index (χ4n) is 1.82. The number of aliphatic carboxylic acids is 1. The quantitative estimate of drug-likeness (QED) is 0.532. The first-order chi connectivity index (χ1) is 10.0. The smallest absolute Gasteiger partial charge is 0.362 e. The molecule has 8 nitrogen and oxygen atoms in total. The zero-order valence-electron chi connectivity index (χ0n) is 13.2. The van der Waals surface area contributed by atoms with Crippen molar-refractivity contribution < 1.29 is 23.4 Å². The maximum atomic E-state index is 12.1. The third-order valence-corrected chi connectivity index (χ3v) is 4.61. The first-order valence-corrected chi connectivity index (χ1v) is 8.06. The number of aromatic nitrogens is 2. The fourth-order valence-corrected chi connectivity index (χ4v) is 2.95. The van der Waals surface area contributed by atoms with Crippen molar-refractivity contribution in [3.63, 3.8) is 0 Å². The number of rotatable bonds is 8. The Morgan fingerprint density at radius 1 is 1.45 bits per heavy atom. The lowest BCUT2D eigenvalue weighted by Gasteiger charge is -2.30. The highest BCUT2D eigenvalue weighted by Crippen LogP contribution is 2.12. The van der Waals surface area contributed by atoms with Gasteiger partial charge in [-0.15, -0.1) is 0 Å². The zero-order chi connectivity index (χ0) is 17.1. The van der Waals surface area contributed by atoms with E-state index >= 15 is 0 Å². The Hall–Kier alpha value is -1.58. The summed E-state index contributed by atoms with van der Waals surface area (Å²) >= 11 is 0. The van der Waals surface area contributed by atoms with Crippen LogP contribution >= 0.6 is 0 Å². The summed E-state index contributed by atoms with van der Waals surface area (Å²) in [5.74, 6) is -1.17. The molecule has 0 aliphatic carbocycles. The average Bonchev–Trinajstić information content (AvgIpc) is 2.82. The molecule has 1 aromatic heterocycles. The molecule has 0 amide bonds. The molecular formula is C13H23N4O4S+. The number of quaternary nitrogens is 1. The van der Waals surface area contributed by atoms with Crippen LogP contribution < -0.4 is 5.73 Å². The van der Waals surface area contributed by atoms with Gasteiger partial charge in [0.1, 0.15) is 5.78 Å². The number of Topliss-reactive ketones (excluding diaryl/α,β-unsaturated/α-hetero) is 1. The Morgan fingerprint density at radius 3 is 2.50 bits per heavy atom. The van der Waals surface area contributed by atoms with Gasteiger partial charge in [0.15, 0.2) is 11.2 Å². The minimum atomic E-state index is -1.52. The maximum Gasteiger partial charge on any atom is 0.362 e. The van der Waals surface area contributed by atoms with E-state index in [0.29, 0.717) is 5.69 Å². The van der Waals surface area contributed by atoms with Gasteiger partial charge in [-0.25, -0.2) is 9.78 Å². The molecule has 1 rings (SSSR count). The van der Waals surface area contributed by atoms with Gasteiger partial charge in [-0.3, -0.25) is 9.00 Å². The highest BCUT2D eigenvalue weighted by Gasteiger charge is 2.32. The van der Waals surface area contributed by atoms with Crippen LogP contribution in [0.1, 0.15) is 12.6 Å². The lowest BCUT2D eigenvalue weighted by atomic mass is 10.1. The number of imidazole rings is 1. The minimum Gasteiger partial charge on any atom is -0.477 e. The minimum absolute atomic E-state index is 0.0139. The number of H-pyrrole nitrogens is 1. The number of hydrogen-bond donors (Lipinski definition) is 3. The van der Waals surface area contributed by atoms with E-state index in [-0.39, 0.29) is 27.6 Å². The molecule has 0 saturated carbocycles. The van der Waals surface area contributed by atoms with Crippen molar-refractivity contribution in [3.8, 4) is 0 Å². The second-order valence-electron chi connectivity index (χ2n) is 6.12. The zero-order valence-corrected chi connectivity index (χ0v) is 14.0. The van der Waals surface area contributed by atoms with Gasteiger partial charge >= 0.3 is 5.97 Å². The number of likely N-dealkylation sites (N-methyl/N-ethyl adjacent to an activating group) is 1. The van der Waals surface area contributed by atoms with Crippen molar-refractivity contribution >= 4 is 22.6 Å². The molecule has 124 valence electrons. The van der Waals surface area contributed by atoms with Crippen LogP contribution in [0, 0.1) is 0 Å². The summed E-state index contributed by atoms with van der Waals surface area (Å²) in [7, 11) is 3.85. The molecule has 3 atom stereocenters. The van der Waals surface area contributed by atoms with Crippen molar-refractivity contribution in [2.45, 2.75) is 30.6 Å². The third kappa shape index (κ3) is 5.00. The fraction of sp³-hybridized carbons (Fsp3) is 0.615. The Morgan fingerprint density at radius 2 is 2.05 bits per heavy atom. The monoisotopic (exact) mass is 331 g/mol. The van der Waals surface area contributed by atoms with E-state index in [9.17, 15) is 18.9 Å². The molecule has 0 aliphatic rings. The van der Waals surface area contributed by atoms with Crippen LogP contribution in [0.2, 0.25) is 0 Å². The Labute approximate surface area is 131 Å². The summed E-state index contributed by atoms with van der Waals surface area (Å²) in [6.07, 6.45) is 1.71. The molecule has 0 aliphatic heterocycles. The molecule has 4 N–H and O–H groups in total. The molecule has 0 fully saturated rings. The summed E-state index contributed by atoms with van der Waals surface area (Å²) in [6.45, 7) is 1.34. The summed E-state index contributed by atoms with van der Waals surface area (Å²) in [5.41, 5.74) is 6.16. The largest absolute Gasteiger partial charge is 0.477 e. The van der Waals surface area contributed by atoms with Crippen molar-refractivity contribution in [1.82, 2.24) is 9.97 Å². The van der Waals surface area contributed by atoms with Gasteiger partial charge in [0.05, 0.1) is 50.2 Å². The molecular weight excluding hydrogens is 308 g/mol. The molecule has 1 aromatic rings. The number of nitrogens with zero attached hydrogens (tertiary/aromatic N) is 2. The number of hydrogen-bond acceptors (Lipinski definition) is 5. The van der Waals surface area contributed by atoms with E-state index in [1.54, 1.807) is 21.1 Å². The number of carbonyl (C=O) groups excluding carboxylic acids is 1. The predicted octanol–water partition coefficient (Wildman–Crippen LogP) is -0.864. The summed E-state index contributed by atoms with van der Waals surface area (Å²) in [4.78, 5) is 29.3. The normalized spacial score (nSPS) is 16.0. The van der Waals surface area contributed by atoms with Gasteiger partial charge in [-0.2, -0.15) is 0 Å². The Bertz CT molecular complexity index is 579. The van der Waals surface area contributed by atoms with E-state index in [0.717, 1.165) is 0 Å².